The van der Waals surface area contributed by atoms with E-state index in [0.717, 1.165) is 28.5 Å². The lowest BCUT2D eigenvalue weighted by Crippen LogP contribution is -2.13. The van der Waals surface area contributed by atoms with Crippen LogP contribution in [0.5, 0.6) is 5.75 Å². The highest BCUT2D eigenvalue weighted by Crippen LogP contribution is 2.19. The van der Waals surface area contributed by atoms with Gasteiger partial charge in [0, 0.05) is 11.3 Å². The van der Waals surface area contributed by atoms with E-state index in [1.165, 1.54) is 11.1 Å². The fourth-order valence-electron chi connectivity index (χ4n) is 2.44. The van der Waals surface area contributed by atoms with Gasteiger partial charge in [-0.25, -0.2) is 4.99 Å². The predicted molar refractivity (Wildman–Crippen MR) is 105 cm³/mol. The summed E-state index contributed by atoms with van der Waals surface area (Å²) in [4.78, 5) is 4.81. The Morgan fingerprint density at radius 2 is 1.32 bits per heavy atom. The molecule has 0 amide bonds. The molecule has 3 heteroatoms. The lowest BCUT2D eigenvalue weighted by Gasteiger charge is -2.12. The number of aliphatic imine (C=N–C) groups is 1. The minimum atomic E-state index is 0.801. The van der Waals surface area contributed by atoms with Crippen molar-refractivity contribution in [2.75, 3.05) is 12.4 Å². The summed E-state index contributed by atoms with van der Waals surface area (Å²) < 4.78 is 5.25. The summed E-state index contributed by atoms with van der Waals surface area (Å²) in [6, 6.07) is 24.4. The number of benzene rings is 3. The molecule has 3 aromatic rings. The van der Waals surface area contributed by atoms with Gasteiger partial charge >= 0.3 is 0 Å². The van der Waals surface area contributed by atoms with Gasteiger partial charge in [-0.15, -0.1) is 0 Å². The molecule has 0 aliphatic carbocycles. The van der Waals surface area contributed by atoms with E-state index in [9.17, 15) is 0 Å². The number of anilines is 1. The molecule has 0 bridgehead atoms. The summed E-state index contributed by atoms with van der Waals surface area (Å²) in [5, 5.41) is 3.43. The van der Waals surface area contributed by atoms with Crippen molar-refractivity contribution >= 4 is 17.2 Å². The van der Waals surface area contributed by atoms with Crippen LogP contribution in [0.4, 0.5) is 11.4 Å². The van der Waals surface area contributed by atoms with E-state index in [4.69, 9.17) is 9.73 Å². The molecule has 0 saturated heterocycles. The zero-order valence-electron chi connectivity index (χ0n) is 14.8. The lowest BCUT2D eigenvalue weighted by molar-refractivity contribution is 0.415. The molecule has 25 heavy (non-hydrogen) atoms. The van der Waals surface area contributed by atoms with Gasteiger partial charge in [-0.05, 0) is 62.4 Å². The number of ether oxygens (including phenoxy) is 1. The second-order valence-electron chi connectivity index (χ2n) is 6.02. The summed E-state index contributed by atoms with van der Waals surface area (Å²) in [5.41, 5.74) is 5.37. The van der Waals surface area contributed by atoms with Gasteiger partial charge in [0.2, 0.25) is 0 Å². The Kier molecular flexibility index (Phi) is 5.14. The molecule has 0 fully saturated rings. The van der Waals surface area contributed by atoms with Crippen LogP contribution in [-0.4, -0.2) is 12.9 Å². The minimum Gasteiger partial charge on any atom is -0.497 e. The van der Waals surface area contributed by atoms with E-state index in [-0.39, 0.29) is 0 Å². The first kappa shape index (κ1) is 16.8. The topological polar surface area (TPSA) is 33.6 Å². The molecule has 0 aromatic heterocycles. The van der Waals surface area contributed by atoms with Crippen molar-refractivity contribution in [1.82, 2.24) is 0 Å². The van der Waals surface area contributed by atoms with Crippen LogP contribution in [0.15, 0.2) is 77.8 Å². The number of methoxy groups -OCH3 is 1. The average Bonchev–Trinajstić information content (AvgIpc) is 2.65. The lowest BCUT2D eigenvalue weighted by atomic mass is 10.1. The van der Waals surface area contributed by atoms with Crippen molar-refractivity contribution in [1.29, 1.82) is 0 Å². The summed E-state index contributed by atoms with van der Waals surface area (Å²) in [6.07, 6.45) is 0. The Morgan fingerprint density at radius 3 is 1.88 bits per heavy atom. The smallest absolute Gasteiger partial charge is 0.138 e. The molecule has 0 aliphatic heterocycles. The van der Waals surface area contributed by atoms with E-state index in [0.29, 0.717) is 0 Å². The fraction of sp³-hybridized carbons (Fsp3) is 0.136. The Balaban J connectivity index is 1.97. The largest absolute Gasteiger partial charge is 0.497 e. The van der Waals surface area contributed by atoms with Crippen LogP contribution in [0.1, 0.15) is 16.7 Å². The third kappa shape index (κ3) is 4.48. The van der Waals surface area contributed by atoms with Crippen LogP contribution >= 0.6 is 0 Å². The third-order valence-corrected chi connectivity index (χ3v) is 3.95. The number of aryl methyl sites for hydroxylation is 2. The van der Waals surface area contributed by atoms with Crippen LogP contribution in [-0.2, 0) is 0 Å². The van der Waals surface area contributed by atoms with Crippen molar-refractivity contribution in [2.24, 2.45) is 4.99 Å². The number of hydrogen-bond donors (Lipinski definition) is 1. The SMILES string of the molecule is COc1ccc(C(=Nc2ccc(C)cc2)Nc2ccc(C)cc2)cc1. The molecule has 126 valence electrons. The first-order valence-corrected chi connectivity index (χ1v) is 8.27. The second kappa shape index (κ2) is 7.67. The molecule has 0 radical (unpaired) electrons. The predicted octanol–water partition coefficient (Wildman–Crippen LogP) is 5.50. The summed E-state index contributed by atoms with van der Waals surface area (Å²) in [6.45, 7) is 4.15. The minimum absolute atomic E-state index is 0.801. The molecule has 3 nitrogen and oxygen atoms in total. The van der Waals surface area contributed by atoms with E-state index < -0.39 is 0 Å². The molecule has 0 unspecified atom stereocenters. The molecule has 3 rings (SSSR count). The van der Waals surface area contributed by atoms with Crippen molar-refractivity contribution in [3.63, 3.8) is 0 Å². The van der Waals surface area contributed by atoms with Crippen LogP contribution in [0.25, 0.3) is 0 Å². The van der Waals surface area contributed by atoms with Gasteiger partial charge in [0.25, 0.3) is 0 Å². The normalized spacial score (nSPS) is 11.2. The average molecular weight is 330 g/mol. The van der Waals surface area contributed by atoms with Crippen LogP contribution in [0.3, 0.4) is 0 Å². The molecule has 0 atom stereocenters. The van der Waals surface area contributed by atoms with Gasteiger partial charge in [-0.2, -0.15) is 0 Å². The van der Waals surface area contributed by atoms with Gasteiger partial charge in [0.05, 0.1) is 12.8 Å². The Morgan fingerprint density at radius 1 is 0.760 bits per heavy atom. The Bertz CT molecular complexity index is 848. The maximum absolute atomic E-state index is 5.25. The first-order chi connectivity index (χ1) is 12.1. The van der Waals surface area contributed by atoms with Gasteiger partial charge in [-0.3, -0.25) is 0 Å². The summed E-state index contributed by atoms with van der Waals surface area (Å²) in [7, 11) is 1.67. The number of rotatable bonds is 4. The Hall–Kier alpha value is -3.07. The zero-order chi connectivity index (χ0) is 17.6. The van der Waals surface area contributed by atoms with Crippen LogP contribution < -0.4 is 10.1 Å². The van der Waals surface area contributed by atoms with Crippen molar-refractivity contribution in [3.8, 4) is 5.75 Å². The molecule has 0 spiro atoms. The molecule has 0 heterocycles. The maximum atomic E-state index is 5.25. The second-order valence-corrected chi connectivity index (χ2v) is 6.02. The number of amidine groups is 1. The number of nitrogens with one attached hydrogen (secondary N) is 1. The van der Waals surface area contributed by atoms with Crippen molar-refractivity contribution < 1.29 is 4.74 Å². The van der Waals surface area contributed by atoms with Gasteiger partial charge < -0.3 is 10.1 Å². The van der Waals surface area contributed by atoms with E-state index in [2.05, 4.69) is 55.6 Å². The van der Waals surface area contributed by atoms with Crippen molar-refractivity contribution in [2.45, 2.75) is 13.8 Å². The highest BCUT2D eigenvalue weighted by Gasteiger charge is 2.06. The fourth-order valence-corrected chi connectivity index (χ4v) is 2.44. The Labute approximate surface area is 149 Å². The van der Waals surface area contributed by atoms with E-state index in [1.807, 2.05) is 36.4 Å². The third-order valence-electron chi connectivity index (χ3n) is 3.95. The molecule has 0 aliphatic rings. The molecule has 0 saturated carbocycles. The summed E-state index contributed by atoms with van der Waals surface area (Å²) in [5.74, 6) is 1.63. The first-order valence-electron chi connectivity index (χ1n) is 8.27. The zero-order valence-corrected chi connectivity index (χ0v) is 14.8. The summed E-state index contributed by atoms with van der Waals surface area (Å²) >= 11 is 0. The molecular weight excluding hydrogens is 308 g/mol. The quantitative estimate of drug-likeness (QED) is 0.506. The van der Waals surface area contributed by atoms with E-state index in [1.54, 1.807) is 7.11 Å². The monoisotopic (exact) mass is 330 g/mol. The molecule has 3 aromatic carbocycles. The highest BCUT2D eigenvalue weighted by molar-refractivity contribution is 6.09. The van der Waals surface area contributed by atoms with Gasteiger partial charge in [-0.1, -0.05) is 35.4 Å². The standard InChI is InChI=1S/C22H22N2O/c1-16-4-10-19(11-5-16)23-22(18-8-14-21(25-3)15-9-18)24-20-12-6-17(2)7-13-20/h4-15H,1-3H3,(H,23,24). The highest BCUT2D eigenvalue weighted by atomic mass is 16.5. The van der Waals surface area contributed by atoms with Gasteiger partial charge in [0.15, 0.2) is 0 Å². The van der Waals surface area contributed by atoms with E-state index >= 15 is 0 Å². The van der Waals surface area contributed by atoms with Gasteiger partial charge in [0.1, 0.15) is 11.6 Å². The van der Waals surface area contributed by atoms with Crippen LogP contribution in [0.2, 0.25) is 0 Å². The van der Waals surface area contributed by atoms with Crippen LogP contribution in [0, 0.1) is 13.8 Å². The molecule has 1 N–H and O–H groups in total. The van der Waals surface area contributed by atoms with Crippen molar-refractivity contribution in [3.05, 3.63) is 89.5 Å². The number of hydrogen-bond acceptors (Lipinski definition) is 2. The maximum Gasteiger partial charge on any atom is 0.138 e. The molecular formula is C22H22N2O. The number of nitrogens with zero attached hydrogens (tertiary/aromatic N) is 1.